The number of hydrogen-bond acceptors (Lipinski definition) is 11. The molecule has 0 spiro atoms. The van der Waals surface area contributed by atoms with Crippen LogP contribution >= 0.6 is 0 Å². The Labute approximate surface area is 252 Å². The summed E-state index contributed by atoms with van der Waals surface area (Å²) in [4.78, 5) is 64.6. The van der Waals surface area contributed by atoms with E-state index in [1.165, 1.54) is 13.8 Å². The molecule has 0 aromatic heterocycles. The highest BCUT2D eigenvalue weighted by Gasteiger charge is 2.65. The van der Waals surface area contributed by atoms with Crippen LogP contribution in [0.15, 0.2) is 77.1 Å². The minimum absolute atomic E-state index is 0.210. The zero-order chi connectivity index (χ0) is 32.8. The lowest BCUT2D eigenvalue weighted by molar-refractivity contribution is -0.636. The van der Waals surface area contributed by atoms with Crippen molar-refractivity contribution in [3.05, 3.63) is 119 Å². The van der Waals surface area contributed by atoms with Gasteiger partial charge in [-0.05, 0) is 39.8 Å². The van der Waals surface area contributed by atoms with Gasteiger partial charge in [0.2, 0.25) is 0 Å². The molecule has 234 valence electrons. The third kappa shape index (κ3) is 6.57. The lowest BCUT2D eigenvalue weighted by Gasteiger charge is -2.35. The van der Waals surface area contributed by atoms with Crippen molar-refractivity contribution in [2.75, 3.05) is 19.7 Å². The van der Waals surface area contributed by atoms with Crippen LogP contribution in [0, 0.1) is 30.3 Å². The van der Waals surface area contributed by atoms with Crippen LogP contribution in [0.4, 0.5) is 5.69 Å². The van der Waals surface area contributed by atoms with E-state index in [-0.39, 0.29) is 13.2 Å². The molecule has 1 aliphatic heterocycles. The predicted molar refractivity (Wildman–Crippen MR) is 156 cm³/mol. The molecular weight excluding hydrogens is 578 g/mol. The average Bonchev–Trinajstić information content (AvgIpc) is 2.95. The van der Waals surface area contributed by atoms with Crippen molar-refractivity contribution in [2.24, 2.45) is 0 Å². The van der Waals surface area contributed by atoms with E-state index >= 15 is 0 Å². The molecule has 1 atom stereocenters. The fourth-order valence-electron chi connectivity index (χ4n) is 5.17. The number of nitro benzene ring substituents is 1. The van der Waals surface area contributed by atoms with E-state index in [9.17, 15) is 39.9 Å². The van der Waals surface area contributed by atoms with E-state index in [1.807, 2.05) is 42.2 Å². The summed E-state index contributed by atoms with van der Waals surface area (Å²) in [5.41, 5.74) is -5.70. The second-order valence-corrected chi connectivity index (χ2v) is 10.2. The number of rotatable bonds is 13. The summed E-state index contributed by atoms with van der Waals surface area (Å²) in [5.74, 6) is -2.62. The maximum Gasteiger partial charge on any atom is 0.344 e. The molecule has 2 aromatic rings. The van der Waals surface area contributed by atoms with Crippen molar-refractivity contribution in [1.82, 2.24) is 9.91 Å². The van der Waals surface area contributed by atoms with E-state index in [1.54, 1.807) is 0 Å². The maximum absolute atomic E-state index is 13.9. The zero-order valence-corrected chi connectivity index (χ0v) is 24.9. The largest absolute Gasteiger partial charge is 0.461 e. The first-order chi connectivity index (χ1) is 20.8. The van der Waals surface area contributed by atoms with Crippen LogP contribution in [-0.2, 0) is 31.1 Å². The van der Waals surface area contributed by atoms with E-state index in [2.05, 4.69) is 0 Å². The van der Waals surface area contributed by atoms with Crippen molar-refractivity contribution in [3.8, 4) is 0 Å². The third-order valence-corrected chi connectivity index (χ3v) is 7.08. The molecule has 0 amide bonds. The highest BCUT2D eigenvalue weighted by Crippen LogP contribution is 2.49. The summed E-state index contributed by atoms with van der Waals surface area (Å²) in [6.07, 6.45) is -0.812. The van der Waals surface area contributed by atoms with Crippen molar-refractivity contribution in [1.29, 1.82) is 0 Å². The van der Waals surface area contributed by atoms with Crippen molar-refractivity contribution in [3.63, 3.8) is 0 Å². The fourth-order valence-corrected chi connectivity index (χ4v) is 5.17. The number of nitrogens with zero attached hydrogens (tertiary/aromatic N) is 5. The first-order valence-electron chi connectivity index (χ1n) is 13.7. The molecule has 1 aliphatic rings. The van der Waals surface area contributed by atoms with Crippen LogP contribution in [-0.4, -0.2) is 62.5 Å². The minimum Gasteiger partial charge on any atom is -0.461 e. The van der Waals surface area contributed by atoms with Gasteiger partial charge in [-0.3, -0.25) is 25.1 Å². The van der Waals surface area contributed by atoms with Crippen molar-refractivity contribution in [2.45, 2.75) is 52.8 Å². The van der Waals surface area contributed by atoms with E-state index < -0.39 is 72.3 Å². The van der Waals surface area contributed by atoms with Gasteiger partial charge in [0.05, 0.1) is 11.0 Å². The molecule has 0 saturated heterocycles. The number of carbonyl (C=O) groups is 2. The normalized spacial score (nSPS) is 16.8. The minimum atomic E-state index is -2.95. The smallest absolute Gasteiger partial charge is 0.344 e. The average molecular weight is 612 g/mol. The number of nitro groups is 3. The number of allylic oxidation sites excluding steroid dienone is 2. The van der Waals surface area contributed by atoms with Gasteiger partial charge in [-0.1, -0.05) is 54.4 Å². The predicted octanol–water partition coefficient (Wildman–Crippen LogP) is 4.14. The highest BCUT2D eigenvalue weighted by atomic mass is 16.7. The second-order valence-electron chi connectivity index (χ2n) is 10.2. The van der Waals surface area contributed by atoms with Gasteiger partial charge in [0.15, 0.2) is 5.03 Å². The summed E-state index contributed by atoms with van der Waals surface area (Å²) in [6, 6.07) is 13.7. The summed E-state index contributed by atoms with van der Waals surface area (Å²) in [5, 5.41) is 36.5. The second kappa shape index (κ2) is 13.9. The Morgan fingerprint density at radius 3 is 2.07 bits per heavy atom. The SMILES string of the molecule is CCN(CCOC(=O)C1=C(C)N([N+](=O)[O-])C(C)=C(C(=O)OC(C)C)C1(c1cccc([N+](=O)[O-])c1)[N+](=O)[O-])Cc1ccccc1. The zero-order valence-electron chi connectivity index (χ0n) is 24.9. The number of likely N-dealkylation sites (N-methyl/N-ethyl adjacent to an activating group) is 1. The van der Waals surface area contributed by atoms with Gasteiger partial charge in [0.25, 0.3) is 5.69 Å². The molecule has 1 heterocycles. The Hall–Kier alpha value is -5.18. The lowest BCUT2D eigenvalue weighted by atomic mass is 9.73. The van der Waals surface area contributed by atoms with Crippen molar-refractivity contribution >= 4 is 17.6 Å². The maximum atomic E-state index is 13.9. The Balaban J connectivity index is 2.20. The van der Waals surface area contributed by atoms with Gasteiger partial charge in [-0.25, -0.2) is 19.7 Å². The summed E-state index contributed by atoms with van der Waals surface area (Å²) in [7, 11) is 0. The third-order valence-electron chi connectivity index (χ3n) is 7.08. The molecule has 15 nitrogen and oxygen atoms in total. The number of esters is 2. The van der Waals surface area contributed by atoms with Crippen LogP contribution in [0.25, 0.3) is 0 Å². The quantitative estimate of drug-likeness (QED) is 0.179. The standard InChI is InChI=1S/C29H33N5O10/c1-6-30(18-22-11-8-7-9-12-22)15-16-43-27(35)25-20(4)31(34(41)42)21(5)26(28(36)44-19(2)3)29(25,33(39)40)23-13-10-14-24(17-23)32(37)38/h7-14,17,19H,6,15-16,18H2,1-5H3. The van der Waals surface area contributed by atoms with Gasteiger partial charge >= 0.3 is 17.5 Å². The van der Waals surface area contributed by atoms with E-state index in [0.717, 1.165) is 43.7 Å². The number of non-ortho nitro benzene ring substituents is 1. The van der Waals surface area contributed by atoms with Gasteiger partial charge in [0, 0.05) is 35.7 Å². The number of hydrogen-bond donors (Lipinski definition) is 0. The molecule has 0 radical (unpaired) electrons. The van der Waals surface area contributed by atoms with Crippen LogP contribution in [0.3, 0.4) is 0 Å². The Morgan fingerprint density at radius 2 is 1.55 bits per heavy atom. The van der Waals surface area contributed by atoms with Gasteiger partial charge in [0.1, 0.15) is 29.1 Å². The molecule has 0 aliphatic carbocycles. The Morgan fingerprint density at radius 1 is 0.932 bits per heavy atom. The first-order valence-corrected chi connectivity index (χ1v) is 13.7. The van der Waals surface area contributed by atoms with Crippen LogP contribution in [0.2, 0.25) is 0 Å². The lowest BCUT2D eigenvalue weighted by Crippen LogP contribution is -2.52. The molecule has 15 heteroatoms. The summed E-state index contributed by atoms with van der Waals surface area (Å²) in [6.45, 7) is 8.08. The van der Waals surface area contributed by atoms with Crippen LogP contribution < -0.4 is 0 Å². The number of hydrazine groups is 1. The highest BCUT2D eigenvalue weighted by molar-refractivity contribution is 6.01. The topological polar surface area (TPSA) is 188 Å². The molecular formula is C29H33N5O10. The molecule has 1 unspecified atom stereocenters. The van der Waals surface area contributed by atoms with E-state index in [4.69, 9.17) is 9.47 Å². The molecule has 0 saturated carbocycles. The van der Waals surface area contributed by atoms with Gasteiger partial charge in [-0.2, -0.15) is 0 Å². The number of benzene rings is 2. The Bertz CT molecular complexity index is 1520. The van der Waals surface area contributed by atoms with Crippen LogP contribution in [0.1, 0.15) is 45.7 Å². The molecule has 2 aromatic carbocycles. The molecule has 0 bridgehead atoms. The first kappa shape index (κ1) is 33.3. The van der Waals surface area contributed by atoms with Gasteiger partial charge in [-0.15, -0.1) is 0 Å². The molecule has 0 fully saturated rings. The number of ether oxygens (including phenoxy) is 2. The Kier molecular flexibility index (Phi) is 10.5. The monoisotopic (exact) mass is 611 g/mol. The molecule has 44 heavy (non-hydrogen) atoms. The summed E-state index contributed by atoms with van der Waals surface area (Å²) < 4.78 is 10.8. The molecule has 0 N–H and O–H groups in total. The van der Waals surface area contributed by atoms with Gasteiger partial charge < -0.3 is 9.47 Å². The van der Waals surface area contributed by atoms with Crippen molar-refractivity contribution < 1.29 is 33.9 Å². The fraction of sp³-hybridized carbons (Fsp3) is 0.379. The number of carbonyl (C=O) groups excluding carboxylic acids is 2. The summed E-state index contributed by atoms with van der Waals surface area (Å²) >= 11 is 0. The molecule has 3 rings (SSSR count). The van der Waals surface area contributed by atoms with Crippen LogP contribution in [0.5, 0.6) is 0 Å². The van der Waals surface area contributed by atoms with E-state index in [0.29, 0.717) is 18.1 Å².